The molecule has 0 unspecified atom stereocenters. The van der Waals surface area contributed by atoms with Crippen LogP contribution in [-0.4, -0.2) is 19.3 Å². The van der Waals surface area contributed by atoms with Crippen molar-refractivity contribution in [2.45, 2.75) is 4.90 Å². The second-order valence-corrected chi connectivity index (χ2v) is 7.79. The van der Waals surface area contributed by atoms with Crippen LogP contribution in [0.1, 0.15) is 10.4 Å². The number of carbonyl (C=O) groups excluding carboxylic acids is 1. The van der Waals surface area contributed by atoms with Gasteiger partial charge >= 0.3 is 0 Å². The Balaban J connectivity index is 1.91. The minimum atomic E-state index is -4.07. The molecule has 0 atom stereocenters. The van der Waals surface area contributed by atoms with Crippen LogP contribution in [0.5, 0.6) is 0 Å². The quantitative estimate of drug-likeness (QED) is 0.595. The molecule has 0 radical (unpaired) electrons. The molecule has 2 aromatic carbocycles. The molecule has 0 fully saturated rings. The van der Waals surface area contributed by atoms with Crippen molar-refractivity contribution in [1.29, 1.82) is 0 Å². The standard InChI is InChI=1S/C18H13Cl2N3O3S/c19-16-11-10-15(17(20)22-16)27(25,26)23-14-9-5-4-8-13(14)18(24)21-12-6-2-1-3-7-12/h1-11,23H,(H,21,24). The van der Waals surface area contributed by atoms with Crippen molar-refractivity contribution in [2.75, 3.05) is 10.0 Å². The zero-order valence-electron chi connectivity index (χ0n) is 13.7. The normalized spacial score (nSPS) is 11.0. The summed E-state index contributed by atoms with van der Waals surface area (Å²) in [6.45, 7) is 0. The van der Waals surface area contributed by atoms with Gasteiger partial charge in [-0.25, -0.2) is 13.4 Å². The van der Waals surface area contributed by atoms with E-state index in [0.29, 0.717) is 5.69 Å². The van der Waals surface area contributed by atoms with Crippen molar-refractivity contribution in [1.82, 2.24) is 4.98 Å². The molecule has 0 aliphatic rings. The Morgan fingerprint density at radius 1 is 0.889 bits per heavy atom. The van der Waals surface area contributed by atoms with E-state index < -0.39 is 15.9 Å². The zero-order chi connectivity index (χ0) is 19.4. The number of amides is 1. The van der Waals surface area contributed by atoms with Crippen molar-refractivity contribution < 1.29 is 13.2 Å². The van der Waals surface area contributed by atoms with Gasteiger partial charge in [0.15, 0.2) is 5.15 Å². The molecule has 0 aliphatic carbocycles. The number of nitrogens with one attached hydrogen (secondary N) is 2. The molecule has 1 amide bonds. The Hall–Kier alpha value is -2.61. The fourth-order valence-electron chi connectivity index (χ4n) is 2.29. The summed E-state index contributed by atoms with van der Waals surface area (Å²) in [5.74, 6) is -0.458. The first kappa shape index (κ1) is 19.2. The molecule has 1 aromatic heterocycles. The van der Waals surface area contributed by atoms with E-state index >= 15 is 0 Å². The van der Waals surface area contributed by atoms with E-state index in [1.807, 2.05) is 6.07 Å². The second kappa shape index (κ2) is 7.96. The molecule has 6 nitrogen and oxygen atoms in total. The highest BCUT2D eigenvalue weighted by molar-refractivity contribution is 7.92. The topological polar surface area (TPSA) is 88.2 Å². The van der Waals surface area contributed by atoms with Gasteiger partial charge in [-0.2, -0.15) is 0 Å². The molecule has 9 heteroatoms. The number of hydrogen-bond donors (Lipinski definition) is 2. The molecule has 0 aliphatic heterocycles. The van der Waals surface area contributed by atoms with Gasteiger partial charge in [-0.05, 0) is 36.4 Å². The molecule has 0 spiro atoms. The largest absolute Gasteiger partial charge is 0.322 e. The van der Waals surface area contributed by atoms with Crippen molar-refractivity contribution in [3.63, 3.8) is 0 Å². The van der Waals surface area contributed by atoms with Crippen molar-refractivity contribution in [3.8, 4) is 0 Å². The first-order valence-electron chi connectivity index (χ1n) is 7.67. The summed E-state index contributed by atoms with van der Waals surface area (Å²) < 4.78 is 27.7. The van der Waals surface area contributed by atoms with E-state index in [1.165, 1.54) is 24.3 Å². The third-order valence-corrected chi connectivity index (χ3v) is 5.53. The van der Waals surface area contributed by atoms with E-state index in [0.717, 1.165) is 0 Å². The number of benzene rings is 2. The Bertz CT molecular complexity index is 1090. The summed E-state index contributed by atoms with van der Waals surface area (Å²) in [6, 6.07) is 17.6. The highest BCUT2D eigenvalue weighted by atomic mass is 35.5. The molecule has 1 heterocycles. The van der Waals surface area contributed by atoms with E-state index in [9.17, 15) is 13.2 Å². The Labute approximate surface area is 166 Å². The van der Waals surface area contributed by atoms with Crippen molar-refractivity contribution >= 4 is 50.5 Å². The molecule has 2 N–H and O–H groups in total. The van der Waals surface area contributed by atoms with Crippen molar-refractivity contribution in [3.05, 3.63) is 82.6 Å². The molecule has 0 saturated carbocycles. The van der Waals surface area contributed by atoms with Crippen LogP contribution < -0.4 is 10.0 Å². The average Bonchev–Trinajstić information content (AvgIpc) is 2.62. The summed E-state index contributed by atoms with van der Waals surface area (Å²) in [4.78, 5) is 16.1. The lowest BCUT2D eigenvalue weighted by atomic mass is 10.1. The van der Waals surface area contributed by atoms with Crippen LogP contribution in [-0.2, 0) is 10.0 Å². The van der Waals surface area contributed by atoms with Crippen LogP contribution in [0.4, 0.5) is 11.4 Å². The van der Waals surface area contributed by atoms with Gasteiger partial charge < -0.3 is 5.32 Å². The predicted octanol–water partition coefficient (Wildman–Crippen LogP) is 4.44. The molecule has 138 valence electrons. The lowest BCUT2D eigenvalue weighted by Crippen LogP contribution is -2.19. The number of pyridine rings is 1. The molecule has 27 heavy (non-hydrogen) atoms. The number of anilines is 2. The van der Waals surface area contributed by atoms with Gasteiger partial charge in [0.25, 0.3) is 15.9 Å². The van der Waals surface area contributed by atoms with Gasteiger partial charge in [-0.3, -0.25) is 9.52 Å². The average molecular weight is 422 g/mol. The van der Waals surface area contributed by atoms with E-state index in [1.54, 1.807) is 36.4 Å². The minimum Gasteiger partial charge on any atom is -0.322 e. The maximum Gasteiger partial charge on any atom is 0.264 e. The maximum absolute atomic E-state index is 12.7. The van der Waals surface area contributed by atoms with Crippen LogP contribution in [0, 0.1) is 0 Å². The summed E-state index contributed by atoms with van der Waals surface area (Å²) in [5.41, 5.74) is 0.852. The number of nitrogens with zero attached hydrogens (tertiary/aromatic N) is 1. The van der Waals surface area contributed by atoms with Crippen LogP contribution in [0.3, 0.4) is 0 Å². The first-order valence-corrected chi connectivity index (χ1v) is 9.91. The second-order valence-electron chi connectivity index (χ2n) is 5.39. The highest BCUT2D eigenvalue weighted by Crippen LogP contribution is 2.26. The highest BCUT2D eigenvalue weighted by Gasteiger charge is 2.22. The van der Waals surface area contributed by atoms with Gasteiger partial charge in [0, 0.05) is 5.69 Å². The van der Waals surface area contributed by atoms with E-state index in [-0.39, 0.29) is 26.5 Å². The first-order chi connectivity index (χ1) is 12.9. The monoisotopic (exact) mass is 421 g/mol. The number of rotatable bonds is 5. The SMILES string of the molecule is O=C(Nc1ccccc1)c1ccccc1NS(=O)(=O)c1ccc(Cl)nc1Cl. The van der Waals surface area contributed by atoms with Gasteiger partial charge in [-0.15, -0.1) is 0 Å². The molecule has 0 bridgehead atoms. The minimum absolute atomic E-state index is 0.0709. The molecular formula is C18H13Cl2N3O3S. The third kappa shape index (κ3) is 4.57. The Morgan fingerprint density at radius 3 is 2.26 bits per heavy atom. The number of sulfonamides is 1. The number of carbonyl (C=O) groups is 1. The molecular weight excluding hydrogens is 409 g/mol. The fraction of sp³-hybridized carbons (Fsp3) is 0. The van der Waals surface area contributed by atoms with Crippen molar-refractivity contribution in [2.24, 2.45) is 0 Å². The molecule has 3 rings (SSSR count). The van der Waals surface area contributed by atoms with E-state index in [2.05, 4.69) is 15.0 Å². The summed E-state index contributed by atoms with van der Waals surface area (Å²) in [5, 5.41) is 2.52. The number of aromatic nitrogens is 1. The van der Waals surface area contributed by atoms with E-state index in [4.69, 9.17) is 23.2 Å². The van der Waals surface area contributed by atoms with Gasteiger partial charge in [0.2, 0.25) is 0 Å². The van der Waals surface area contributed by atoms with Crippen LogP contribution >= 0.6 is 23.2 Å². The predicted molar refractivity (Wildman–Crippen MR) is 106 cm³/mol. The zero-order valence-corrected chi connectivity index (χ0v) is 16.0. The lowest BCUT2D eigenvalue weighted by molar-refractivity contribution is 0.102. The summed E-state index contributed by atoms with van der Waals surface area (Å²) in [7, 11) is -4.07. The molecule has 0 saturated heterocycles. The van der Waals surface area contributed by atoms with Crippen LogP contribution in [0.25, 0.3) is 0 Å². The Kier molecular flexibility index (Phi) is 5.65. The molecule has 3 aromatic rings. The van der Waals surface area contributed by atoms with Gasteiger partial charge in [0.1, 0.15) is 10.0 Å². The van der Waals surface area contributed by atoms with Crippen LogP contribution in [0.2, 0.25) is 10.3 Å². The number of hydrogen-bond acceptors (Lipinski definition) is 4. The maximum atomic E-state index is 12.7. The Morgan fingerprint density at radius 2 is 1.56 bits per heavy atom. The summed E-state index contributed by atoms with van der Waals surface area (Å²) in [6.07, 6.45) is 0. The number of halogens is 2. The smallest absolute Gasteiger partial charge is 0.264 e. The van der Waals surface area contributed by atoms with Gasteiger partial charge in [-0.1, -0.05) is 53.5 Å². The van der Waals surface area contributed by atoms with Gasteiger partial charge in [0.05, 0.1) is 11.3 Å². The lowest BCUT2D eigenvalue weighted by Gasteiger charge is -2.13. The third-order valence-electron chi connectivity index (χ3n) is 3.52. The fourth-order valence-corrected chi connectivity index (χ4v) is 4.03. The van der Waals surface area contributed by atoms with Crippen LogP contribution in [0.15, 0.2) is 71.6 Å². The summed E-state index contributed by atoms with van der Waals surface area (Å²) >= 11 is 11.6. The number of para-hydroxylation sites is 2.